The molecule has 0 spiro atoms. The van der Waals surface area contributed by atoms with Gasteiger partial charge in [0.1, 0.15) is 24.8 Å². The third-order valence-electron chi connectivity index (χ3n) is 6.81. The van der Waals surface area contributed by atoms with E-state index < -0.39 is 24.1 Å². The van der Waals surface area contributed by atoms with Gasteiger partial charge in [-0.05, 0) is 43.0 Å². The Bertz CT molecular complexity index is 1030. The van der Waals surface area contributed by atoms with E-state index >= 15 is 0 Å². The van der Waals surface area contributed by atoms with Crippen molar-refractivity contribution in [3.63, 3.8) is 0 Å². The molecule has 1 aliphatic carbocycles. The standard InChI is InChI=1S/C22H24ClN3O4/c23-15-10-26(19-17(27)11-30-20(15)19)22(29)18(12-3-1-2-4-12)25-8-7-13-9-14(21(24)28)5-6-16(13)25/h5-9,12,15,18-20H,1-4,10-11H2,(H2,24,28)/t15-,18-,19+,20+/m0/s1. The number of carbonyl (C=O) groups is 3. The van der Waals surface area contributed by atoms with Crippen LogP contribution in [0.2, 0.25) is 0 Å². The van der Waals surface area contributed by atoms with E-state index in [1.807, 2.05) is 22.9 Å². The lowest BCUT2D eigenvalue weighted by molar-refractivity contribution is -0.140. The number of primary amides is 1. The minimum absolute atomic E-state index is 0.0127. The van der Waals surface area contributed by atoms with Crippen molar-refractivity contribution in [1.29, 1.82) is 0 Å². The summed E-state index contributed by atoms with van der Waals surface area (Å²) < 4.78 is 7.55. The van der Waals surface area contributed by atoms with Gasteiger partial charge in [0.25, 0.3) is 0 Å². The lowest BCUT2D eigenvalue weighted by atomic mass is 9.95. The van der Waals surface area contributed by atoms with Gasteiger partial charge in [-0.1, -0.05) is 12.8 Å². The second-order valence-electron chi connectivity index (χ2n) is 8.54. The highest BCUT2D eigenvalue weighted by molar-refractivity contribution is 6.22. The number of aromatic nitrogens is 1. The summed E-state index contributed by atoms with van der Waals surface area (Å²) in [6.45, 7) is 0.328. The molecule has 2 saturated heterocycles. The van der Waals surface area contributed by atoms with Gasteiger partial charge >= 0.3 is 0 Å². The maximum atomic E-state index is 13.8. The molecule has 3 heterocycles. The zero-order chi connectivity index (χ0) is 21.0. The maximum absolute atomic E-state index is 13.8. The number of amides is 2. The van der Waals surface area contributed by atoms with Crippen LogP contribution in [0.4, 0.5) is 0 Å². The summed E-state index contributed by atoms with van der Waals surface area (Å²) in [5.74, 6) is -0.446. The number of Topliss-reactive ketones (excluding diaryl/α,β-unsaturated/α-hetero) is 1. The number of nitrogens with two attached hydrogens (primary N) is 1. The topological polar surface area (TPSA) is 94.6 Å². The van der Waals surface area contributed by atoms with E-state index in [2.05, 4.69) is 0 Å². The molecule has 1 aromatic heterocycles. The third kappa shape index (κ3) is 3.03. The number of benzene rings is 1. The Balaban J connectivity index is 1.55. The Hall–Kier alpha value is -2.38. The number of alkyl halides is 1. The fourth-order valence-electron chi connectivity index (χ4n) is 5.37. The summed E-state index contributed by atoms with van der Waals surface area (Å²) >= 11 is 6.43. The molecule has 158 valence electrons. The molecule has 7 nitrogen and oxygen atoms in total. The number of ether oxygens (including phenoxy) is 1. The van der Waals surface area contributed by atoms with Gasteiger partial charge in [0.15, 0.2) is 5.78 Å². The van der Waals surface area contributed by atoms with Gasteiger partial charge < -0.3 is 19.9 Å². The number of ketones is 1. The summed E-state index contributed by atoms with van der Waals surface area (Å²) in [5, 5.41) is 0.478. The average Bonchev–Trinajstić information content (AvgIpc) is 3.50. The van der Waals surface area contributed by atoms with E-state index in [1.165, 1.54) is 0 Å². The first-order valence-corrected chi connectivity index (χ1v) is 10.9. The van der Waals surface area contributed by atoms with E-state index in [0.29, 0.717) is 12.1 Å². The number of nitrogens with zero attached hydrogens (tertiary/aromatic N) is 2. The molecule has 2 amide bonds. The number of halogens is 1. The third-order valence-corrected chi connectivity index (χ3v) is 7.20. The van der Waals surface area contributed by atoms with Crippen LogP contribution >= 0.6 is 11.6 Å². The molecule has 5 rings (SSSR count). The van der Waals surface area contributed by atoms with Gasteiger partial charge in [0.05, 0.1) is 5.38 Å². The highest BCUT2D eigenvalue weighted by Crippen LogP contribution is 2.40. The molecule has 8 heteroatoms. The summed E-state index contributed by atoms with van der Waals surface area (Å²) in [6.07, 6.45) is 5.58. The quantitative estimate of drug-likeness (QED) is 0.754. The van der Waals surface area contributed by atoms with Crippen molar-refractivity contribution in [2.45, 2.75) is 49.2 Å². The van der Waals surface area contributed by atoms with Crippen molar-refractivity contribution in [2.75, 3.05) is 13.2 Å². The fourth-order valence-corrected chi connectivity index (χ4v) is 5.73. The second-order valence-corrected chi connectivity index (χ2v) is 9.10. The summed E-state index contributed by atoms with van der Waals surface area (Å²) in [5.41, 5.74) is 6.72. The maximum Gasteiger partial charge on any atom is 0.248 e. The molecule has 4 atom stereocenters. The molecular formula is C22H24ClN3O4. The van der Waals surface area contributed by atoms with Crippen molar-refractivity contribution in [2.24, 2.45) is 11.7 Å². The van der Waals surface area contributed by atoms with Crippen LogP contribution in [0.15, 0.2) is 30.5 Å². The lowest BCUT2D eigenvalue weighted by Gasteiger charge is -2.31. The predicted molar refractivity (Wildman–Crippen MR) is 111 cm³/mol. The Morgan fingerprint density at radius 2 is 1.97 bits per heavy atom. The minimum Gasteiger partial charge on any atom is -0.366 e. The first-order chi connectivity index (χ1) is 14.5. The molecule has 2 N–H and O–H groups in total. The minimum atomic E-state index is -0.591. The summed E-state index contributed by atoms with van der Waals surface area (Å²) in [6, 6.07) is 6.17. The fraction of sp³-hybridized carbons (Fsp3) is 0.500. The zero-order valence-electron chi connectivity index (χ0n) is 16.5. The molecule has 0 bridgehead atoms. The van der Waals surface area contributed by atoms with E-state index in [0.717, 1.165) is 36.6 Å². The van der Waals surface area contributed by atoms with Crippen LogP contribution < -0.4 is 5.73 Å². The molecule has 0 unspecified atom stereocenters. The van der Waals surface area contributed by atoms with Crippen molar-refractivity contribution >= 4 is 40.1 Å². The van der Waals surface area contributed by atoms with E-state index in [4.69, 9.17) is 22.1 Å². The van der Waals surface area contributed by atoms with Crippen LogP contribution in [-0.4, -0.2) is 57.7 Å². The highest BCUT2D eigenvalue weighted by atomic mass is 35.5. The van der Waals surface area contributed by atoms with Crippen LogP contribution in [-0.2, 0) is 14.3 Å². The molecule has 2 aliphatic heterocycles. The molecule has 0 radical (unpaired) electrons. The van der Waals surface area contributed by atoms with Crippen LogP contribution in [0.5, 0.6) is 0 Å². The average molecular weight is 430 g/mol. The van der Waals surface area contributed by atoms with Crippen LogP contribution in [0.25, 0.3) is 10.9 Å². The van der Waals surface area contributed by atoms with Gasteiger partial charge in [0, 0.05) is 29.2 Å². The van der Waals surface area contributed by atoms with Gasteiger partial charge in [-0.15, -0.1) is 11.6 Å². The molecule has 3 fully saturated rings. The molecule has 30 heavy (non-hydrogen) atoms. The molecular weight excluding hydrogens is 406 g/mol. The van der Waals surface area contributed by atoms with E-state index in [-0.39, 0.29) is 29.6 Å². The molecule has 1 aromatic carbocycles. The Kier molecular flexibility index (Phi) is 4.82. The monoisotopic (exact) mass is 429 g/mol. The summed E-state index contributed by atoms with van der Waals surface area (Å²) in [4.78, 5) is 39.5. The normalized spacial score (nSPS) is 27.7. The van der Waals surface area contributed by atoms with Gasteiger partial charge in [-0.25, -0.2) is 0 Å². The number of carbonyl (C=O) groups excluding carboxylic acids is 3. The number of rotatable bonds is 4. The van der Waals surface area contributed by atoms with Gasteiger partial charge in [-0.2, -0.15) is 0 Å². The van der Waals surface area contributed by atoms with Crippen molar-refractivity contribution < 1.29 is 19.1 Å². The highest BCUT2D eigenvalue weighted by Gasteiger charge is 2.53. The number of likely N-dealkylation sites (tertiary alicyclic amines) is 1. The van der Waals surface area contributed by atoms with E-state index in [1.54, 1.807) is 17.0 Å². The lowest BCUT2D eigenvalue weighted by Crippen LogP contribution is -2.46. The largest absolute Gasteiger partial charge is 0.366 e. The Morgan fingerprint density at radius 3 is 2.70 bits per heavy atom. The molecule has 2 aromatic rings. The van der Waals surface area contributed by atoms with Crippen LogP contribution in [0, 0.1) is 5.92 Å². The number of hydrogen-bond acceptors (Lipinski definition) is 4. The molecule has 3 aliphatic rings. The van der Waals surface area contributed by atoms with Gasteiger partial charge in [-0.3, -0.25) is 14.4 Å². The van der Waals surface area contributed by atoms with Crippen molar-refractivity contribution in [3.05, 3.63) is 36.0 Å². The Morgan fingerprint density at radius 1 is 1.20 bits per heavy atom. The van der Waals surface area contributed by atoms with Crippen LogP contribution in [0.3, 0.4) is 0 Å². The first-order valence-electron chi connectivity index (χ1n) is 10.4. The first kappa shape index (κ1) is 19.6. The van der Waals surface area contributed by atoms with Crippen LogP contribution in [0.1, 0.15) is 42.1 Å². The SMILES string of the molecule is NC(=O)c1ccc2c(ccn2[C@H](C(=O)N2C[C@H](Cl)[C@H]3OCC(=O)[C@H]32)C2CCCC2)c1. The van der Waals surface area contributed by atoms with Crippen molar-refractivity contribution in [1.82, 2.24) is 9.47 Å². The molecule has 1 saturated carbocycles. The number of fused-ring (bicyclic) bond motifs is 2. The Labute approximate surface area is 179 Å². The number of hydrogen-bond donors (Lipinski definition) is 1. The van der Waals surface area contributed by atoms with Crippen molar-refractivity contribution in [3.8, 4) is 0 Å². The zero-order valence-corrected chi connectivity index (χ0v) is 17.3. The van der Waals surface area contributed by atoms with Gasteiger partial charge in [0.2, 0.25) is 11.8 Å². The smallest absolute Gasteiger partial charge is 0.248 e. The predicted octanol–water partition coefficient (Wildman–Crippen LogP) is 2.26. The summed E-state index contributed by atoms with van der Waals surface area (Å²) in [7, 11) is 0. The second kappa shape index (κ2) is 7.39. The van der Waals surface area contributed by atoms with E-state index in [9.17, 15) is 14.4 Å².